The molecule has 40 heavy (non-hydrogen) atoms. The van der Waals surface area contributed by atoms with Gasteiger partial charge in [0.2, 0.25) is 0 Å². The average molecular weight is 550 g/mol. The quantitative estimate of drug-likeness (QED) is 0.142. The zero-order chi connectivity index (χ0) is 27.9. The number of para-hydroxylation sites is 1. The Morgan fingerprint density at radius 2 is 1.77 bits per heavy atom. The second-order valence-electron chi connectivity index (χ2n) is 9.23. The summed E-state index contributed by atoms with van der Waals surface area (Å²) in [6.07, 6.45) is 4.08. The first-order valence-corrected chi connectivity index (χ1v) is 13.5. The highest BCUT2D eigenvalue weighted by molar-refractivity contribution is 6.32. The number of ether oxygens (including phenoxy) is 2. The van der Waals surface area contributed by atoms with Crippen molar-refractivity contribution in [3.8, 4) is 17.6 Å². The zero-order valence-electron chi connectivity index (χ0n) is 22.0. The van der Waals surface area contributed by atoms with Gasteiger partial charge in [0.05, 0.1) is 11.6 Å². The van der Waals surface area contributed by atoms with E-state index in [0.29, 0.717) is 48.3 Å². The monoisotopic (exact) mass is 549 g/mol. The van der Waals surface area contributed by atoms with Crippen LogP contribution in [-0.4, -0.2) is 24.0 Å². The number of halogens is 1. The Morgan fingerprint density at radius 3 is 2.60 bits per heavy atom. The van der Waals surface area contributed by atoms with Crippen molar-refractivity contribution < 1.29 is 14.3 Å². The van der Waals surface area contributed by atoms with E-state index in [9.17, 15) is 10.1 Å². The Hall–Kier alpha value is -4.73. The van der Waals surface area contributed by atoms with Gasteiger partial charge in [0.1, 0.15) is 18.2 Å². The zero-order valence-corrected chi connectivity index (χ0v) is 22.8. The van der Waals surface area contributed by atoms with Gasteiger partial charge in [0.15, 0.2) is 11.5 Å². The van der Waals surface area contributed by atoms with E-state index in [1.807, 2.05) is 67.7 Å². The van der Waals surface area contributed by atoms with Gasteiger partial charge in [0.25, 0.3) is 5.91 Å². The van der Waals surface area contributed by atoms with Gasteiger partial charge in [-0.05, 0) is 65.1 Å². The lowest BCUT2D eigenvalue weighted by Gasteiger charge is -2.15. The molecule has 0 aliphatic rings. The lowest BCUT2D eigenvalue weighted by molar-refractivity contribution is -0.117. The van der Waals surface area contributed by atoms with Crippen molar-refractivity contribution in [2.24, 2.45) is 0 Å². The van der Waals surface area contributed by atoms with Crippen LogP contribution in [0, 0.1) is 11.3 Å². The van der Waals surface area contributed by atoms with Crippen molar-refractivity contribution in [2.75, 3.05) is 13.2 Å². The highest BCUT2D eigenvalue weighted by Crippen LogP contribution is 2.38. The Balaban J connectivity index is 1.30. The molecule has 0 fully saturated rings. The van der Waals surface area contributed by atoms with Crippen LogP contribution in [0.1, 0.15) is 23.6 Å². The smallest absolute Gasteiger partial charge is 0.261 e. The van der Waals surface area contributed by atoms with Crippen LogP contribution in [-0.2, 0) is 17.8 Å². The van der Waals surface area contributed by atoms with Gasteiger partial charge in [-0.3, -0.25) is 4.79 Å². The lowest BCUT2D eigenvalue weighted by atomic mass is 10.1. The number of fused-ring (bicyclic) bond motifs is 2. The molecule has 1 heterocycles. The number of nitriles is 1. The number of nitrogens with one attached hydrogen (secondary N) is 2. The van der Waals surface area contributed by atoms with Crippen molar-refractivity contribution in [1.29, 1.82) is 5.26 Å². The SMILES string of the molecule is CCOc1cc(/C=C(/C#N)C(=O)NCCc2c[nH]c3ccccc23)cc(Cl)c1OCc1cccc2ccccc12. The standard InChI is InChI=1S/C33H28ClN3O3/c1-2-39-31-18-22(17-29(34)32(31)40-21-25-10-7-9-23-8-3-4-11-27(23)25)16-26(19-35)33(38)36-15-14-24-20-37-30-13-6-5-12-28(24)30/h3-13,16-18,20,37H,2,14-15,21H2,1H3,(H,36,38)/b26-16-. The third kappa shape index (κ3) is 5.96. The first kappa shape index (κ1) is 26.9. The first-order valence-electron chi connectivity index (χ1n) is 13.1. The maximum Gasteiger partial charge on any atom is 0.261 e. The summed E-state index contributed by atoms with van der Waals surface area (Å²) in [5.41, 5.74) is 3.71. The molecule has 1 amide bonds. The van der Waals surface area contributed by atoms with E-state index in [0.717, 1.165) is 32.8 Å². The summed E-state index contributed by atoms with van der Waals surface area (Å²) in [5, 5.41) is 16.2. The molecule has 0 aliphatic carbocycles. The van der Waals surface area contributed by atoms with E-state index in [2.05, 4.69) is 28.5 Å². The number of H-pyrrole nitrogens is 1. The van der Waals surface area contributed by atoms with Crippen LogP contribution in [0.5, 0.6) is 11.5 Å². The van der Waals surface area contributed by atoms with Crippen molar-refractivity contribution in [3.05, 3.63) is 112 Å². The molecule has 0 bridgehead atoms. The van der Waals surface area contributed by atoms with Gasteiger partial charge < -0.3 is 19.8 Å². The van der Waals surface area contributed by atoms with Crippen LogP contribution >= 0.6 is 11.6 Å². The molecule has 0 saturated heterocycles. The molecule has 7 heteroatoms. The Bertz CT molecular complexity index is 1740. The molecular formula is C33H28ClN3O3. The number of nitrogens with zero attached hydrogens (tertiary/aromatic N) is 1. The van der Waals surface area contributed by atoms with E-state index in [4.69, 9.17) is 21.1 Å². The molecule has 0 spiro atoms. The fourth-order valence-electron chi connectivity index (χ4n) is 4.70. The summed E-state index contributed by atoms with van der Waals surface area (Å²) < 4.78 is 12.0. The fourth-order valence-corrected chi connectivity index (χ4v) is 4.98. The second kappa shape index (κ2) is 12.4. The molecule has 2 N–H and O–H groups in total. The molecule has 200 valence electrons. The van der Waals surface area contributed by atoms with Crippen LogP contribution in [0.25, 0.3) is 27.8 Å². The predicted octanol–water partition coefficient (Wildman–Crippen LogP) is 7.22. The summed E-state index contributed by atoms with van der Waals surface area (Å²) in [7, 11) is 0. The van der Waals surface area contributed by atoms with E-state index in [-0.39, 0.29) is 5.57 Å². The minimum atomic E-state index is -0.451. The number of hydrogen-bond donors (Lipinski definition) is 2. The Kier molecular flexibility index (Phi) is 8.34. The molecule has 5 rings (SSSR count). The molecule has 4 aromatic carbocycles. The van der Waals surface area contributed by atoms with Gasteiger partial charge in [-0.25, -0.2) is 0 Å². The van der Waals surface area contributed by atoms with Crippen molar-refractivity contribution >= 4 is 45.3 Å². The summed E-state index contributed by atoms with van der Waals surface area (Å²) in [5.74, 6) is 0.404. The number of amides is 1. The van der Waals surface area contributed by atoms with Crippen LogP contribution < -0.4 is 14.8 Å². The van der Waals surface area contributed by atoms with E-state index in [1.165, 1.54) is 6.08 Å². The Morgan fingerprint density at radius 1 is 1.00 bits per heavy atom. The minimum Gasteiger partial charge on any atom is -0.490 e. The Labute approximate surface area is 237 Å². The summed E-state index contributed by atoms with van der Waals surface area (Å²) in [6.45, 7) is 2.96. The van der Waals surface area contributed by atoms with Crippen molar-refractivity contribution in [3.63, 3.8) is 0 Å². The normalized spacial score (nSPS) is 11.4. The maximum atomic E-state index is 12.8. The van der Waals surface area contributed by atoms with Crippen LogP contribution in [0.4, 0.5) is 0 Å². The molecule has 5 aromatic rings. The highest BCUT2D eigenvalue weighted by Gasteiger charge is 2.15. The third-order valence-corrected chi connectivity index (χ3v) is 6.90. The topological polar surface area (TPSA) is 87.1 Å². The van der Waals surface area contributed by atoms with Gasteiger partial charge >= 0.3 is 0 Å². The number of aromatic nitrogens is 1. The fraction of sp³-hybridized carbons (Fsp3) is 0.152. The molecule has 0 atom stereocenters. The van der Waals surface area contributed by atoms with E-state index in [1.54, 1.807) is 12.1 Å². The highest BCUT2D eigenvalue weighted by atomic mass is 35.5. The molecule has 0 saturated carbocycles. The number of aromatic amines is 1. The van der Waals surface area contributed by atoms with E-state index >= 15 is 0 Å². The van der Waals surface area contributed by atoms with Crippen LogP contribution in [0.2, 0.25) is 5.02 Å². The first-order chi connectivity index (χ1) is 19.6. The van der Waals surface area contributed by atoms with E-state index < -0.39 is 5.91 Å². The largest absolute Gasteiger partial charge is 0.490 e. The number of hydrogen-bond acceptors (Lipinski definition) is 4. The van der Waals surface area contributed by atoms with Crippen molar-refractivity contribution in [2.45, 2.75) is 20.0 Å². The second-order valence-corrected chi connectivity index (χ2v) is 9.63. The lowest BCUT2D eigenvalue weighted by Crippen LogP contribution is -2.26. The maximum absolute atomic E-state index is 12.8. The summed E-state index contributed by atoms with van der Waals surface area (Å²) >= 11 is 6.63. The molecule has 6 nitrogen and oxygen atoms in total. The molecule has 0 unspecified atom stereocenters. The predicted molar refractivity (Wildman–Crippen MR) is 160 cm³/mol. The van der Waals surface area contributed by atoms with Gasteiger partial charge in [-0.15, -0.1) is 0 Å². The third-order valence-electron chi connectivity index (χ3n) is 6.61. The molecule has 0 aliphatic heterocycles. The average Bonchev–Trinajstić information content (AvgIpc) is 3.38. The number of rotatable bonds is 10. The molecule has 1 aromatic heterocycles. The van der Waals surface area contributed by atoms with Gasteiger partial charge in [-0.2, -0.15) is 5.26 Å². The number of carbonyl (C=O) groups is 1. The van der Waals surface area contributed by atoms with Gasteiger partial charge in [-0.1, -0.05) is 72.3 Å². The van der Waals surface area contributed by atoms with Gasteiger partial charge in [0, 0.05) is 23.6 Å². The van der Waals surface area contributed by atoms with Crippen LogP contribution in [0.3, 0.4) is 0 Å². The molecule has 0 radical (unpaired) electrons. The number of benzene rings is 4. The summed E-state index contributed by atoms with van der Waals surface area (Å²) in [6, 6.07) is 27.6. The van der Waals surface area contributed by atoms with Crippen LogP contribution in [0.15, 0.2) is 90.6 Å². The van der Waals surface area contributed by atoms with Crippen molar-refractivity contribution in [1.82, 2.24) is 10.3 Å². The minimum absolute atomic E-state index is 0.0261. The molecular weight excluding hydrogens is 522 g/mol. The summed E-state index contributed by atoms with van der Waals surface area (Å²) in [4.78, 5) is 16.0. The number of carbonyl (C=O) groups excluding carboxylic acids is 1.